The van der Waals surface area contributed by atoms with E-state index in [0.29, 0.717) is 5.67 Å². The van der Waals surface area contributed by atoms with Crippen LogP contribution < -0.4 is 0 Å². The molecule has 0 aromatic heterocycles. The molecule has 0 aliphatic heterocycles. The molecule has 0 rings (SSSR count). The van der Waals surface area contributed by atoms with Crippen molar-refractivity contribution in [2.45, 2.75) is 32.9 Å². The van der Waals surface area contributed by atoms with Gasteiger partial charge in [-0.3, -0.25) is 4.90 Å². The molecule has 13 heavy (non-hydrogen) atoms. The maximum absolute atomic E-state index is 5.41. The van der Waals surface area contributed by atoms with E-state index in [1.165, 1.54) is 0 Å². The third-order valence-corrected chi connectivity index (χ3v) is 4.93. The van der Waals surface area contributed by atoms with E-state index in [-0.39, 0.29) is 0 Å². The molecule has 0 heterocycles. The van der Waals surface area contributed by atoms with Gasteiger partial charge in [0.2, 0.25) is 0 Å². The van der Waals surface area contributed by atoms with Crippen molar-refractivity contribution in [1.82, 2.24) is 4.90 Å². The van der Waals surface area contributed by atoms with E-state index < -0.39 is 9.28 Å². The second kappa shape index (κ2) is 7.50. The Labute approximate surface area is 83.9 Å². The summed E-state index contributed by atoms with van der Waals surface area (Å²) in [6, 6.07) is 0. The zero-order chi connectivity index (χ0) is 10.3. The summed E-state index contributed by atoms with van der Waals surface area (Å²) in [5.74, 6) is 0. The highest BCUT2D eigenvalue weighted by Gasteiger charge is 2.26. The minimum atomic E-state index is -1.47. The molecule has 0 saturated carbocycles. The van der Waals surface area contributed by atoms with Crippen LogP contribution in [0.3, 0.4) is 0 Å². The second-order valence-electron chi connectivity index (χ2n) is 3.04. The first kappa shape index (κ1) is 13.1. The Morgan fingerprint density at radius 1 is 1.08 bits per heavy atom. The predicted molar refractivity (Wildman–Crippen MR) is 58.2 cm³/mol. The van der Waals surface area contributed by atoms with Gasteiger partial charge >= 0.3 is 9.28 Å². The summed E-state index contributed by atoms with van der Waals surface area (Å²) >= 11 is 0. The quantitative estimate of drug-likeness (QED) is 0.582. The third-order valence-electron chi connectivity index (χ3n) is 2.48. The Kier molecular flexibility index (Phi) is 7.55. The molecule has 0 spiro atoms. The van der Waals surface area contributed by atoms with Crippen molar-refractivity contribution in [2.75, 3.05) is 27.3 Å². The first-order chi connectivity index (χ1) is 6.24. The fourth-order valence-corrected chi connectivity index (χ4v) is 3.70. The highest BCUT2D eigenvalue weighted by atomic mass is 28.3. The van der Waals surface area contributed by atoms with Gasteiger partial charge in [0.05, 0.1) is 5.67 Å². The molecule has 80 valence electrons. The summed E-state index contributed by atoms with van der Waals surface area (Å²) < 4.78 is 10.8. The molecule has 0 N–H and O–H groups in total. The standard InChI is InChI=1S/C9H23NO2Si/c1-6-9(10(7-2)8-3)13(11-4)12-5/h9,13H,6-8H2,1-5H3. The largest absolute Gasteiger partial charge is 0.399 e. The van der Waals surface area contributed by atoms with Gasteiger partial charge in [0.25, 0.3) is 0 Å². The van der Waals surface area contributed by atoms with Crippen LogP contribution in [0.25, 0.3) is 0 Å². The molecule has 0 aromatic carbocycles. The molecule has 1 atom stereocenters. The molecule has 0 aliphatic rings. The van der Waals surface area contributed by atoms with Gasteiger partial charge in [0.15, 0.2) is 0 Å². The Bertz CT molecular complexity index is 104. The van der Waals surface area contributed by atoms with Gasteiger partial charge in [-0.1, -0.05) is 20.8 Å². The molecule has 0 fully saturated rings. The fraction of sp³-hybridized carbons (Fsp3) is 1.00. The Hall–Kier alpha value is 0.0969. The van der Waals surface area contributed by atoms with E-state index in [2.05, 4.69) is 25.7 Å². The van der Waals surface area contributed by atoms with Crippen LogP contribution >= 0.6 is 0 Å². The Morgan fingerprint density at radius 2 is 1.54 bits per heavy atom. The van der Waals surface area contributed by atoms with Crippen LogP contribution in [-0.2, 0) is 8.85 Å². The number of rotatable bonds is 7. The highest BCUT2D eigenvalue weighted by Crippen LogP contribution is 2.08. The van der Waals surface area contributed by atoms with Crippen molar-refractivity contribution in [3.05, 3.63) is 0 Å². The lowest BCUT2D eigenvalue weighted by Gasteiger charge is -2.31. The van der Waals surface area contributed by atoms with Gasteiger partial charge in [-0.15, -0.1) is 0 Å². The van der Waals surface area contributed by atoms with Crippen molar-refractivity contribution in [3.63, 3.8) is 0 Å². The molecular formula is C9H23NO2Si. The molecule has 0 aliphatic carbocycles. The lowest BCUT2D eigenvalue weighted by Crippen LogP contribution is -2.48. The smallest absolute Gasteiger partial charge is 0.338 e. The van der Waals surface area contributed by atoms with E-state index in [4.69, 9.17) is 8.85 Å². The summed E-state index contributed by atoms with van der Waals surface area (Å²) in [4.78, 5) is 2.42. The maximum Gasteiger partial charge on any atom is 0.338 e. The van der Waals surface area contributed by atoms with E-state index in [0.717, 1.165) is 19.5 Å². The Morgan fingerprint density at radius 3 is 1.77 bits per heavy atom. The van der Waals surface area contributed by atoms with Crippen molar-refractivity contribution in [2.24, 2.45) is 0 Å². The van der Waals surface area contributed by atoms with Gasteiger partial charge in [-0.25, -0.2) is 0 Å². The van der Waals surface area contributed by atoms with Crippen molar-refractivity contribution in [3.8, 4) is 0 Å². The lowest BCUT2D eigenvalue weighted by atomic mass is 10.4. The molecular weight excluding hydrogens is 182 g/mol. The first-order valence-electron chi connectivity index (χ1n) is 5.04. The number of nitrogens with zero attached hydrogens (tertiary/aromatic N) is 1. The average Bonchev–Trinajstić information content (AvgIpc) is 2.18. The number of hydrogen-bond acceptors (Lipinski definition) is 3. The normalized spacial score (nSPS) is 14.1. The van der Waals surface area contributed by atoms with E-state index in [1.54, 1.807) is 14.2 Å². The summed E-state index contributed by atoms with van der Waals surface area (Å²) in [7, 11) is 2.04. The fourth-order valence-electron chi connectivity index (χ4n) is 1.73. The molecule has 3 nitrogen and oxygen atoms in total. The third kappa shape index (κ3) is 3.77. The molecule has 0 radical (unpaired) electrons. The highest BCUT2D eigenvalue weighted by molar-refractivity contribution is 6.46. The molecule has 0 bridgehead atoms. The molecule has 0 amide bonds. The number of hydrogen-bond donors (Lipinski definition) is 0. The molecule has 1 unspecified atom stereocenters. The van der Waals surface area contributed by atoms with Gasteiger partial charge < -0.3 is 8.85 Å². The second-order valence-corrected chi connectivity index (χ2v) is 5.49. The lowest BCUT2D eigenvalue weighted by molar-refractivity contribution is 0.188. The Balaban J connectivity index is 4.26. The van der Waals surface area contributed by atoms with Gasteiger partial charge in [0, 0.05) is 14.2 Å². The van der Waals surface area contributed by atoms with Crippen LogP contribution in [0, 0.1) is 0 Å². The minimum absolute atomic E-state index is 0.505. The minimum Gasteiger partial charge on any atom is -0.399 e. The van der Waals surface area contributed by atoms with Gasteiger partial charge in [-0.2, -0.15) is 0 Å². The first-order valence-corrected chi connectivity index (χ1v) is 6.65. The zero-order valence-corrected chi connectivity index (χ0v) is 10.7. The average molecular weight is 205 g/mol. The van der Waals surface area contributed by atoms with Crippen LogP contribution in [-0.4, -0.2) is 47.2 Å². The molecule has 0 aromatic rings. The van der Waals surface area contributed by atoms with Crippen molar-refractivity contribution >= 4 is 9.28 Å². The summed E-state index contributed by atoms with van der Waals surface area (Å²) in [6.45, 7) is 8.71. The van der Waals surface area contributed by atoms with Crippen molar-refractivity contribution < 1.29 is 8.85 Å². The SMILES string of the molecule is CCC(N(CC)CC)[SiH](OC)OC. The predicted octanol–water partition coefficient (Wildman–Crippen LogP) is 1.16. The summed E-state index contributed by atoms with van der Waals surface area (Å²) in [5, 5.41) is 0. The van der Waals surface area contributed by atoms with Crippen LogP contribution in [0.5, 0.6) is 0 Å². The molecule has 0 saturated heterocycles. The van der Waals surface area contributed by atoms with Crippen LogP contribution in [0.1, 0.15) is 27.2 Å². The monoisotopic (exact) mass is 205 g/mol. The van der Waals surface area contributed by atoms with Crippen LogP contribution in [0.2, 0.25) is 0 Å². The van der Waals surface area contributed by atoms with Crippen LogP contribution in [0.4, 0.5) is 0 Å². The summed E-state index contributed by atoms with van der Waals surface area (Å²) in [5.41, 5.74) is 0.505. The zero-order valence-electron chi connectivity index (χ0n) is 9.54. The van der Waals surface area contributed by atoms with E-state index >= 15 is 0 Å². The maximum atomic E-state index is 5.41. The van der Waals surface area contributed by atoms with Crippen molar-refractivity contribution in [1.29, 1.82) is 0 Å². The van der Waals surface area contributed by atoms with Gasteiger partial charge in [-0.05, 0) is 19.5 Å². The van der Waals surface area contributed by atoms with E-state index in [9.17, 15) is 0 Å². The molecule has 4 heteroatoms. The summed E-state index contributed by atoms with van der Waals surface area (Å²) in [6.07, 6.45) is 1.11. The topological polar surface area (TPSA) is 21.7 Å². The van der Waals surface area contributed by atoms with E-state index in [1.807, 2.05) is 0 Å². The van der Waals surface area contributed by atoms with Gasteiger partial charge in [0.1, 0.15) is 0 Å². The van der Waals surface area contributed by atoms with Crippen LogP contribution in [0.15, 0.2) is 0 Å².